The Balaban J connectivity index is 2.04. The molecule has 1 amide bonds. The van der Waals surface area contributed by atoms with E-state index in [9.17, 15) is 13.2 Å². The van der Waals surface area contributed by atoms with Gasteiger partial charge in [0, 0.05) is 35.2 Å². The number of rotatable bonds is 2. The molecule has 0 saturated carbocycles. The highest BCUT2D eigenvalue weighted by Gasteiger charge is 2.30. The van der Waals surface area contributed by atoms with Crippen molar-refractivity contribution in [2.75, 3.05) is 18.1 Å². The van der Waals surface area contributed by atoms with Crippen molar-refractivity contribution < 1.29 is 13.2 Å². The molecule has 2 rings (SSSR count). The van der Waals surface area contributed by atoms with Crippen LogP contribution in [0.5, 0.6) is 0 Å². The third-order valence-electron chi connectivity index (χ3n) is 3.51. The lowest BCUT2D eigenvalue weighted by Crippen LogP contribution is -2.49. The zero-order chi connectivity index (χ0) is 16.5. The highest BCUT2D eigenvalue weighted by atomic mass is 32.2. The number of sulfone groups is 1. The summed E-state index contributed by atoms with van der Waals surface area (Å²) in [5.74, 6) is -0.0550. The van der Waals surface area contributed by atoms with Gasteiger partial charge in [0.2, 0.25) is 5.91 Å². The molecule has 22 heavy (non-hydrogen) atoms. The summed E-state index contributed by atoms with van der Waals surface area (Å²) >= 11 is 1.56. The number of hydrogen-bond donors (Lipinski definition) is 0. The number of thiazole rings is 1. The molecule has 0 aromatic carbocycles. The minimum Gasteiger partial charge on any atom is -0.334 e. The normalized spacial score (nSPS) is 22.2. The summed E-state index contributed by atoms with van der Waals surface area (Å²) in [6.45, 7) is 8.33. The fourth-order valence-corrected chi connectivity index (χ4v) is 4.72. The lowest BCUT2D eigenvalue weighted by molar-refractivity contribution is -0.127. The van der Waals surface area contributed by atoms with Gasteiger partial charge in [-0.15, -0.1) is 11.3 Å². The first-order chi connectivity index (χ1) is 10.1. The Morgan fingerprint density at radius 1 is 1.45 bits per heavy atom. The maximum atomic E-state index is 12.2. The van der Waals surface area contributed by atoms with Gasteiger partial charge in [-0.3, -0.25) is 4.79 Å². The number of carbonyl (C=O) groups excluding carboxylic acids is 1. The molecule has 0 spiro atoms. The Hall–Kier alpha value is -1.21. The first-order valence-corrected chi connectivity index (χ1v) is 9.88. The maximum absolute atomic E-state index is 12.2. The van der Waals surface area contributed by atoms with E-state index in [-0.39, 0.29) is 35.4 Å². The molecule has 1 saturated heterocycles. The molecule has 1 unspecified atom stereocenters. The molecule has 1 aromatic heterocycles. The molecule has 5 nitrogen and oxygen atoms in total. The molecule has 1 aliphatic rings. The van der Waals surface area contributed by atoms with Gasteiger partial charge in [0.15, 0.2) is 9.84 Å². The van der Waals surface area contributed by atoms with Crippen LogP contribution in [0.4, 0.5) is 0 Å². The van der Waals surface area contributed by atoms with E-state index >= 15 is 0 Å². The van der Waals surface area contributed by atoms with Crippen molar-refractivity contribution in [3.8, 4) is 0 Å². The van der Waals surface area contributed by atoms with Crippen molar-refractivity contribution in [3.05, 3.63) is 22.2 Å². The minimum absolute atomic E-state index is 0.00346. The van der Waals surface area contributed by atoms with E-state index in [0.717, 1.165) is 9.88 Å². The highest BCUT2D eigenvalue weighted by molar-refractivity contribution is 7.91. The minimum atomic E-state index is -3.00. The lowest BCUT2D eigenvalue weighted by atomic mass is 9.98. The van der Waals surface area contributed by atoms with Crippen LogP contribution in [0.1, 0.15) is 37.6 Å². The second-order valence-electron chi connectivity index (χ2n) is 6.65. The summed E-state index contributed by atoms with van der Waals surface area (Å²) in [6.07, 6.45) is 5.03. The van der Waals surface area contributed by atoms with E-state index in [2.05, 4.69) is 25.8 Å². The number of nitrogens with zero attached hydrogens (tertiary/aromatic N) is 2. The Morgan fingerprint density at radius 2 is 2.14 bits per heavy atom. The number of hydrogen-bond acceptors (Lipinski definition) is 5. The average Bonchev–Trinajstić information content (AvgIpc) is 2.83. The molecule has 122 valence electrons. The first-order valence-electron chi connectivity index (χ1n) is 7.24. The fourth-order valence-electron chi connectivity index (χ4n) is 2.29. The third-order valence-corrected chi connectivity index (χ3v) is 6.69. The van der Waals surface area contributed by atoms with Crippen LogP contribution in [0.2, 0.25) is 0 Å². The SMILES string of the molecule is CC1CS(=O)(=O)CCN1C(=O)C=Cc1cnc(C(C)(C)C)s1. The van der Waals surface area contributed by atoms with E-state index in [1.807, 2.05) is 0 Å². The van der Waals surface area contributed by atoms with Gasteiger partial charge in [0.1, 0.15) is 0 Å². The second kappa shape index (κ2) is 6.12. The van der Waals surface area contributed by atoms with Crippen LogP contribution >= 0.6 is 11.3 Å². The van der Waals surface area contributed by atoms with Crippen molar-refractivity contribution in [2.24, 2.45) is 0 Å². The van der Waals surface area contributed by atoms with Gasteiger partial charge in [-0.25, -0.2) is 13.4 Å². The number of aromatic nitrogens is 1. The summed E-state index contributed by atoms with van der Waals surface area (Å²) in [5, 5.41) is 1.03. The monoisotopic (exact) mass is 342 g/mol. The van der Waals surface area contributed by atoms with E-state index in [1.54, 1.807) is 35.4 Å². The van der Waals surface area contributed by atoms with Crippen LogP contribution in [0, 0.1) is 0 Å². The summed E-state index contributed by atoms with van der Waals surface area (Å²) < 4.78 is 23.1. The topological polar surface area (TPSA) is 67.3 Å². The van der Waals surface area contributed by atoms with Crippen LogP contribution < -0.4 is 0 Å². The third kappa shape index (κ3) is 4.16. The van der Waals surface area contributed by atoms with Crippen molar-refractivity contribution >= 4 is 33.2 Å². The molecule has 0 radical (unpaired) electrons. The van der Waals surface area contributed by atoms with Crippen LogP contribution in [0.15, 0.2) is 12.3 Å². The molecular weight excluding hydrogens is 320 g/mol. The van der Waals surface area contributed by atoms with Gasteiger partial charge in [0.05, 0.1) is 16.5 Å². The van der Waals surface area contributed by atoms with E-state index < -0.39 is 9.84 Å². The smallest absolute Gasteiger partial charge is 0.246 e. The highest BCUT2D eigenvalue weighted by Crippen LogP contribution is 2.27. The predicted octanol–water partition coefficient (Wildman–Crippen LogP) is 2.10. The van der Waals surface area contributed by atoms with Crippen LogP contribution in [-0.4, -0.2) is 48.3 Å². The summed E-state index contributed by atoms with van der Waals surface area (Å²) in [6, 6.07) is -0.275. The molecule has 1 aliphatic heterocycles. The predicted molar refractivity (Wildman–Crippen MR) is 89.7 cm³/mol. The number of carbonyl (C=O) groups is 1. The van der Waals surface area contributed by atoms with Gasteiger partial charge in [-0.05, 0) is 13.0 Å². The van der Waals surface area contributed by atoms with E-state index in [1.165, 1.54) is 6.08 Å². The molecule has 0 aliphatic carbocycles. The standard InChI is InChI=1S/C15H22N2O3S2/c1-11-10-22(19,20)8-7-17(11)13(18)6-5-12-9-16-14(21-12)15(2,3)4/h5-6,9,11H,7-8,10H2,1-4H3. The largest absolute Gasteiger partial charge is 0.334 e. The lowest BCUT2D eigenvalue weighted by Gasteiger charge is -2.32. The molecule has 7 heteroatoms. The maximum Gasteiger partial charge on any atom is 0.246 e. The van der Waals surface area contributed by atoms with Gasteiger partial charge in [0.25, 0.3) is 0 Å². The fraction of sp³-hybridized carbons (Fsp3) is 0.600. The Kier molecular flexibility index (Phi) is 4.77. The summed E-state index contributed by atoms with van der Waals surface area (Å²) in [4.78, 5) is 19.1. The summed E-state index contributed by atoms with van der Waals surface area (Å²) in [7, 11) is -3.00. The molecular formula is C15H22N2O3S2. The van der Waals surface area contributed by atoms with Gasteiger partial charge >= 0.3 is 0 Å². The molecule has 2 heterocycles. The van der Waals surface area contributed by atoms with E-state index in [0.29, 0.717) is 0 Å². The van der Waals surface area contributed by atoms with Gasteiger partial charge in [-0.1, -0.05) is 20.8 Å². The van der Waals surface area contributed by atoms with Gasteiger partial charge in [-0.2, -0.15) is 0 Å². The Bertz CT molecular complexity index is 684. The van der Waals surface area contributed by atoms with Crippen molar-refractivity contribution in [1.82, 2.24) is 9.88 Å². The average molecular weight is 342 g/mol. The molecule has 0 N–H and O–H groups in total. The molecule has 0 bridgehead atoms. The van der Waals surface area contributed by atoms with Crippen molar-refractivity contribution in [3.63, 3.8) is 0 Å². The molecule has 1 atom stereocenters. The first kappa shape index (κ1) is 17.1. The molecule has 1 aromatic rings. The van der Waals surface area contributed by atoms with Crippen LogP contribution in [0.25, 0.3) is 6.08 Å². The Labute approximate surface area is 136 Å². The second-order valence-corrected chi connectivity index (χ2v) is 9.94. The van der Waals surface area contributed by atoms with Crippen LogP contribution in [-0.2, 0) is 20.0 Å². The zero-order valence-corrected chi connectivity index (χ0v) is 15.0. The van der Waals surface area contributed by atoms with Crippen molar-refractivity contribution in [2.45, 2.75) is 39.2 Å². The van der Waals surface area contributed by atoms with Gasteiger partial charge < -0.3 is 4.90 Å². The molecule has 1 fully saturated rings. The summed E-state index contributed by atoms with van der Waals surface area (Å²) in [5.41, 5.74) is -0.00346. The zero-order valence-electron chi connectivity index (χ0n) is 13.4. The number of amides is 1. The van der Waals surface area contributed by atoms with Crippen molar-refractivity contribution in [1.29, 1.82) is 0 Å². The Morgan fingerprint density at radius 3 is 2.68 bits per heavy atom. The van der Waals surface area contributed by atoms with E-state index in [4.69, 9.17) is 0 Å². The van der Waals surface area contributed by atoms with Crippen LogP contribution in [0.3, 0.4) is 0 Å². The quantitative estimate of drug-likeness (QED) is 0.772.